The van der Waals surface area contributed by atoms with E-state index >= 15 is 0 Å². The highest BCUT2D eigenvalue weighted by Crippen LogP contribution is 2.23. The van der Waals surface area contributed by atoms with E-state index in [9.17, 15) is 86.3 Å². The molecule has 0 N–H and O–H groups in total. The van der Waals surface area contributed by atoms with Gasteiger partial charge in [-0.1, -0.05) is 146 Å². The first kappa shape index (κ1) is 88.4. The predicted molar refractivity (Wildman–Crippen MR) is 514 cm³/mol. The molecule has 37 rings (SSSR count). The lowest BCUT2D eigenvalue weighted by molar-refractivity contribution is 0.616. The molecule has 36 heteroatoms. The van der Waals surface area contributed by atoms with Gasteiger partial charge >= 0.3 is 102 Å². The first-order chi connectivity index (χ1) is 66.4. The third kappa shape index (κ3) is 15.7. The molecule has 0 radical (unpaired) electrons. The van der Waals surface area contributed by atoms with Crippen LogP contribution in [-0.4, -0.2) is 82.2 Å². The van der Waals surface area contributed by atoms with Crippen molar-refractivity contribution in [3.05, 3.63) is 547 Å². The summed E-state index contributed by atoms with van der Waals surface area (Å²) in [7, 11) is 7.51. The smallest absolute Gasteiger partial charge is 0.247 e. The number of benzene rings is 12. The number of aromatic nitrogens is 18. The molecule has 138 heavy (non-hydrogen) atoms. The zero-order chi connectivity index (χ0) is 96.8. The van der Waals surface area contributed by atoms with Gasteiger partial charge in [-0.15, -0.1) is 0 Å². The standard InChI is InChI=1S/C102H78N18O18/c1-103-85(121)109-73-31-7-61(8-32-73)55-63-11-35-75(36-12-63)111-87(123)104(2)89(125)113(98(111)134)77-39-15-65(16-40-77)57-67-19-43-79(44-20-67)115-91(127)106(4)93(129)117(100(115)136)81-47-23-69(24-48-81)59-71-27-51-83(52-28-71)119-95(131)108(6)96(132)120(102(119)138)84-53-29-72(30-54-84)60-70-25-49-82(50-26-70)118-94(130)107(5)92(128)116(101(118)137)80-45-21-68(22-46-80)58-66-17-41-78(42-18-66)114-90(126)105(3)88(124)112(99(114)135)76-37-13-64(14-38-76)56-62-9-33-74(34-10-62)110(86(103)122)97(109)133/h7-54H,55-60H2,1-6H3. The third-order valence-corrected chi connectivity index (χ3v) is 24.8. The van der Waals surface area contributed by atoms with Crippen molar-refractivity contribution in [2.75, 3.05) is 0 Å². The fourth-order valence-electron chi connectivity index (χ4n) is 17.1. The molecule has 19 aliphatic heterocycles. The molecule has 0 amide bonds. The van der Waals surface area contributed by atoms with Gasteiger partial charge in [0.05, 0.1) is 68.2 Å². The quantitative estimate of drug-likeness (QED) is 0.209. The molecule has 36 nitrogen and oxygen atoms in total. The Labute approximate surface area is 773 Å². The van der Waals surface area contributed by atoms with Crippen LogP contribution in [0.2, 0.25) is 0 Å². The van der Waals surface area contributed by atoms with Gasteiger partial charge in [0.15, 0.2) is 0 Å². The van der Waals surface area contributed by atoms with Crippen LogP contribution >= 0.6 is 0 Å². The second-order valence-electron chi connectivity index (χ2n) is 33.5. The van der Waals surface area contributed by atoms with Crippen LogP contribution in [-0.2, 0) is 80.8 Å². The average Bonchev–Trinajstić information content (AvgIpc) is 0.781. The molecular formula is C102H78N18O18. The Hall–Kier alpha value is -18.9. The summed E-state index contributed by atoms with van der Waals surface area (Å²) in [6, 6.07) is 78.1. The molecule has 0 saturated carbocycles. The van der Waals surface area contributed by atoms with E-state index in [0.717, 1.165) is 149 Å². The maximum absolute atomic E-state index is 14.4. The Kier molecular flexibility index (Phi) is 22.4. The van der Waals surface area contributed by atoms with Crippen molar-refractivity contribution in [3.63, 3.8) is 0 Å². The van der Waals surface area contributed by atoms with Crippen LogP contribution in [0.1, 0.15) is 66.8 Å². The van der Waals surface area contributed by atoms with Crippen molar-refractivity contribution in [1.82, 2.24) is 82.2 Å². The highest BCUT2D eigenvalue weighted by atomic mass is 16.2. The molecule has 36 bridgehead atoms. The van der Waals surface area contributed by atoms with Gasteiger partial charge in [-0.25, -0.2) is 169 Å². The van der Waals surface area contributed by atoms with Gasteiger partial charge in [0.25, 0.3) is 0 Å². The topological polar surface area (TPSA) is 396 Å². The molecule has 0 fully saturated rings. The van der Waals surface area contributed by atoms with Crippen molar-refractivity contribution in [3.8, 4) is 68.2 Å². The molecule has 0 spiro atoms. The molecule has 25 heterocycles. The first-order valence-electron chi connectivity index (χ1n) is 43.2. The third-order valence-electron chi connectivity index (χ3n) is 24.8. The fourth-order valence-corrected chi connectivity index (χ4v) is 17.1. The number of rotatable bonds is 0. The minimum absolute atomic E-state index is 0.157. The van der Waals surface area contributed by atoms with Gasteiger partial charge in [0.2, 0.25) is 0 Å². The van der Waals surface area contributed by atoms with E-state index in [1.807, 2.05) is 0 Å². The van der Waals surface area contributed by atoms with E-state index in [0.29, 0.717) is 38.5 Å². The van der Waals surface area contributed by atoms with Gasteiger partial charge in [0.1, 0.15) is 0 Å². The zero-order valence-electron chi connectivity index (χ0n) is 74.4. The summed E-state index contributed by atoms with van der Waals surface area (Å²) in [5.41, 5.74) is -5.81. The lowest BCUT2D eigenvalue weighted by atomic mass is 10.0. The van der Waals surface area contributed by atoms with E-state index in [4.69, 9.17) is 0 Å². The molecule has 19 aliphatic rings. The van der Waals surface area contributed by atoms with Crippen LogP contribution in [0, 0.1) is 0 Å². The Morgan fingerprint density at radius 1 is 0.109 bits per heavy atom. The summed E-state index contributed by atoms with van der Waals surface area (Å²) in [5, 5.41) is 0. The van der Waals surface area contributed by atoms with Crippen molar-refractivity contribution in [2.24, 2.45) is 42.3 Å². The van der Waals surface area contributed by atoms with Crippen molar-refractivity contribution >= 4 is 0 Å². The lowest BCUT2D eigenvalue weighted by Crippen LogP contribution is -2.52. The Morgan fingerprint density at radius 2 is 0.174 bits per heavy atom. The molecule has 684 valence electrons. The summed E-state index contributed by atoms with van der Waals surface area (Å²) >= 11 is 0. The Bertz CT molecular complexity index is 7400. The zero-order valence-corrected chi connectivity index (χ0v) is 74.4. The second kappa shape index (κ2) is 35.0. The molecule has 0 aliphatic carbocycles. The Morgan fingerprint density at radius 3 is 0.239 bits per heavy atom. The molecule has 0 unspecified atom stereocenters. The fraction of sp³-hybridized carbons (Fsp3) is 0.118. The van der Waals surface area contributed by atoms with Crippen LogP contribution in [0.4, 0.5) is 0 Å². The highest BCUT2D eigenvalue weighted by Gasteiger charge is 2.26. The summed E-state index contributed by atoms with van der Waals surface area (Å²) < 4.78 is 15.3. The van der Waals surface area contributed by atoms with Gasteiger partial charge in [-0.2, -0.15) is 0 Å². The van der Waals surface area contributed by atoms with Gasteiger partial charge in [-0.3, -0.25) is 0 Å². The summed E-state index contributed by atoms with van der Waals surface area (Å²) in [4.78, 5) is 252. The van der Waals surface area contributed by atoms with Crippen LogP contribution in [0.15, 0.2) is 377 Å². The van der Waals surface area contributed by atoms with Crippen molar-refractivity contribution in [2.45, 2.75) is 38.5 Å². The SMILES string of the molecule is Cn1c(=O)n2c(=O)n(c1=O)-c1ccc(cc1)Cc1ccc(cc1)-n1c(=O)n(C)c(=O)n(c1=O)-c1ccc(cc1)Cc1ccc(cc1)-n1c(=O)n(C)c(=O)n(c1=O)-c1ccc(cc1)Cc1ccc(cc1)-n1c(=O)n(C)c(=O)n(c1=O)-c1ccc(cc1)Cc1ccc(cc1)-n1c(=O)n(C)c(=O)n(c1=O)-c1ccc(cc1)Cc1ccc(cc1)-n1c(=O)n(C)c(=O)n(c1=O)-c1ccc(cc1)Cc1ccc-2cc1. The maximum Gasteiger partial charge on any atom is 0.345 e. The van der Waals surface area contributed by atoms with E-state index in [-0.39, 0.29) is 68.2 Å². The number of hydrogen-bond donors (Lipinski definition) is 0. The van der Waals surface area contributed by atoms with Crippen molar-refractivity contribution in [1.29, 1.82) is 0 Å². The van der Waals surface area contributed by atoms with E-state index < -0.39 is 102 Å². The maximum atomic E-state index is 14.4. The normalized spacial score (nSPS) is 12.0. The molecule has 0 saturated heterocycles. The molecule has 12 aromatic carbocycles. The molecular weight excluding hydrogens is 1770 g/mol. The lowest BCUT2D eigenvalue weighted by Gasteiger charge is -2.14. The summed E-state index contributed by atoms with van der Waals surface area (Å²) in [6.45, 7) is 0. The van der Waals surface area contributed by atoms with E-state index in [1.165, 1.54) is 42.3 Å². The highest BCUT2D eigenvalue weighted by molar-refractivity contribution is 5.49. The molecule has 18 aromatic rings. The summed E-state index contributed by atoms with van der Waals surface area (Å²) in [5.74, 6) is 0. The summed E-state index contributed by atoms with van der Waals surface area (Å²) in [6.07, 6.45) is 1.83. The van der Waals surface area contributed by atoms with Gasteiger partial charge in [-0.05, 0) is 251 Å². The monoisotopic (exact) mass is 1840 g/mol. The van der Waals surface area contributed by atoms with E-state index in [2.05, 4.69) is 0 Å². The van der Waals surface area contributed by atoms with Gasteiger partial charge < -0.3 is 0 Å². The minimum Gasteiger partial charge on any atom is -0.247 e. The average molecular weight is 1840 g/mol. The van der Waals surface area contributed by atoms with Crippen LogP contribution in [0.25, 0.3) is 68.2 Å². The molecule has 6 aromatic heterocycles. The Balaban J connectivity index is 0.609. The van der Waals surface area contributed by atoms with Crippen LogP contribution in [0.3, 0.4) is 0 Å². The largest absolute Gasteiger partial charge is 0.345 e. The number of hydrogen-bond acceptors (Lipinski definition) is 18. The predicted octanol–water partition coefficient (Wildman–Crippen LogP) is 3.55. The minimum atomic E-state index is -0.940. The van der Waals surface area contributed by atoms with Crippen molar-refractivity contribution < 1.29 is 0 Å². The van der Waals surface area contributed by atoms with Crippen LogP contribution in [0.5, 0.6) is 0 Å². The number of nitrogens with zero attached hydrogens (tertiary/aromatic N) is 18. The second-order valence-corrected chi connectivity index (χ2v) is 33.5. The van der Waals surface area contributed by atoms with Crippen LogP contribution < -0.4 is 102 Å². The molecule has 0 atom stereocenters. The first-order valence-corrected chi connectivity index (χ1v) is 43.2. The van der Waals surface area contributed by atoms with E-state index in [1.54, 1.807) is 291 Å². The van der Waals surface area contributed by atoms with Gasteiger partial charge in [0, 0.05) is 42.3 Å².